The summed E-state index contributed by atoms with van der Waals surface area (Å²) in [6.45, 7) is 0.370. The molecule has 1 aromatic heterocycles. The Morgan fingerprint density at radius 2 is 1.76 bits per heavy atom. The number of rotatable bonds is 7. The Balaban J connectivity index is 1.33. The van der Waals surface area contributed by atoms with Gasteiger partial charge >= 0.3 is 0 Å². The number of nitrogens with one attached hydrogen (secondary N) is 1. The Hall–Kier alpha value is -3.35. The average Bonchev–Trinajstić information content (AvgIpc) is 3.21. The van der Waals surface area contributed by atoms with Crippen LogP contribution in [-0.2, 0) is 11.3 Å². The van der Waals surface area contributed by atoms with E-state index in [2.05, 4.69) is 15.6 Å². The number of nitrogens with zero attached hydrogens (tertiary/aromatic N) is 3. The van der Waals surface area contributed by atoms with Crippen molar-refractivity contribution in [2.45, 2.75) is 25.4 Å². The number of aromatic nitrogens is 3. The van der Waals surface area contributed by atoms with Crippen LogP contribution in [0.5, 0.6) is 11.5 Å². The van der Waals surface area contributed by atoms with Crippen LogP contribution in [0.25, 0.3) is 11.3 Å². The minimum atomic E-state index is -0.0231. The first-order valence-electron chi connectivity index (χ1n) is 9.64. The van der Waals surface area contributed by atoms with Gasteiger partial charge in [0, 0.05) is 11.5 Å². The predicted octanol–water partition coefficient (Wildman–Crippen LogP) is 3.23. The molecule has 0 spiro atoms. The zero-order valence-corrected chi connectivity index (χ0v) is 16.5. The molecule has 0 saturated heterocycles. The van der Waals surface area contributed by atoms with Gasteiger partial charge in [-0.05, 0) is 25.0 Å². The van der Waals surface area contributed by atoms with Crippen LogP contribution < -0.4 is 14.8 Å². The second-order valence-electron chi connectivity index (χ2n) is 7.13. The summed E-state index contributed by atoms with van der Waals surface area (Å²) in [5.74, 6) is 1.42. The molecule has 2 aromatic carbocycles. The smallest absolute Gasteiger partial charge is 0.223 e. The minimum absolute atomic E-state index is 0.0231. The van der Waals surface area contributed by atoms with Gasteiger partial charge in [-0.25, -0.2) is 4.68 Å². The summed E-state index contributed by atoms with van der Waals surface area (Å²) in [6.07, 6.45) is 3.47. The van der Waals surface area contributed by atoms with Gasteiger partial charge in [0.1, 0.15) is 17.2 Å². The van der Waals surface area contributed by atoms with Crippen molar-refractivity contribution in [3.05, 3.63) is 60.3 Å². The number of carbonyl (C=O) groups is 1. The van der Waals surface area contributed by atoms with E-state index in [9.17, 15) is 4.79 Å². The zero-order chi connectivity index (χ0) is 20.2. The number of hydrogen-bond acceptors (Lipinski definition) is 5. The highest BCUT2D eigenvalue weighted by atomic mass is 16.5. The first-order chi connectivity index (χ1) is 14.2. The van der Waals surface area contributed by atoms with Crippen LogP contribution in [0.1, 0.15) is 24.4 Å². The van der Waals surface area contributed by atoms with Gasteiger partial charge in [-0.15, -0.1) is 5.10 Å². The molecule has 0 unspecified atom stereocenters. The third-order valence-corrected chi connectivity index (χ3v) is 5.41. The lowest BCUT2D eigenvalue weighted by Crippen LogP contribution is -2.39. The second kappa shape index (κ2) is 8.34. The van der Waals surface area contributed by atoms with E-state index in [4.69, 9.17) is 9.47 Å². The van der Waals surface area contributed by atoms with Crippen LogP contribution in [-0.4, -0.2) is 35.1 Å². The molecule has 1 aliphatic carbocycles. The molecule has 7 nitrogen and oxygen atoms in total. The number of ether oxygens (including phenoxy) is 2. The highest BCUT2D eigenvalue weighted by molar-refractivity contribution is 5.79. The molecule has 150 valence electrons. The fraction of sp³-hybridized carbons (Fsp3) is 0.318. The standard InChI is InChI=1S/C22H24N4O3/c1-28-20-9-6-10-21(29-2)18(20)13-23-22(27)16-11-17(12-16)26-14-19(24-25-26)15-7-4-3-5-8-15/h3-10,14,16-17H,11-13H2,1-2H3,(H,23,27). The molecule has 0 atom stereocenters. The van der Waals surface area contributed by atoms with Crippen molar-refractivity contribution in [3.63, 3.8) is 0 Å². The molecule has 4 rings (SSSR count). The Kier molecular flexibility index (Phi) is 5.46. The van der Waals surface area contributed by atoms with Crippen molar-refractivity contribution in [1.82, 2.24) is 20.3 Å². The minimum Gasteiger partial charge on any atom is -0.496 e. The lowest BCUT2D eigenvalue weighted by atomic mass is 9.79. The molecule has 7 heteroatoms. The van der Waals surface area contributed by atoms with E-state index < -0.39 is 0 Å². The van der Waals surface area contributed by atoms with E-state index >= 15 is 0 Å². The second-order valence-corrected chi connectivity index (χ2v) is 7.13. The van der Waals surface area contributed by atoms with Gasteiger partial charge in [0.25, 0.3) is 0 Å². The summed E-state index contributed by atoms with van der Waals surface area (Å²) < 4.78 is 12.6. The van der Waals surface area contributed by atoms with Gasteiger partial charge in [-0.2, -0.15) is 0 Å². The SMILES string of the molecule is COc1cccc(OC)c1CNC(=O)C1CC(n2cc(-c3ccccc3)nn2)C1. The van der Waals surface area contributed by atoms with Crippen LogP contribution in [0.3, 0.4) is 0 Å². The summed E-state index contributed by atoms with van der Waals surface area (Å²) in [4.78, 5) is 12.6. The third kappa shape index (κ3) is 3.94. The van der Waals surface area contributed by atoms with Crippen LogP contribution in [0.15, 0.2) is 54.7 Å². The van der Waals surface area contributed by atoms with Crippen LogP contribution in [0.2, 0.25) is 0 Å². The van der Waals surface area contributed by atoms with Crippen LogP contribution in [0.4, 0.5) is 0 Å². The van der Waals surface area contributed by atoms with Gasteiger partial charge < -0.3 is 14.8 Å². The number of hydrogen-bond donors (Lipinski definition) is 1. The molecule has 0 radical (unpaired) electrons. The molecule has 1 N–H and O–H groups in total. The molecule has 1 saturated carbocycles. The first-order valence-corrected chi connectivity index (χ1v) is 9.64. The first kappa shape index (κ1) is 19.0. The van der Waals surface area contributed by atoms with E-state index in [1.54, 1.807) is 14.2 Å². The van der Waals surface area contributed by atoms with Gasteiger partial charge in [0.2, 0.25) is 5.91 Å². The van der Waals surface area contributed by atoms with E-state index in [0.717, 1.165) is 29.7 Å². The number of benzene rings is 2. The lowest BCUT2D eigenvalue weighted by molar-refractivity contribution is -0.129. The van der Waals surface area contributed by atoms with E-state index in [0.29, 0.717) is 18.0 Å². The maximum Gasteiger partial charge on any atom is 0.223 e. The van der Waals surface area contributed by atoms with Gasteiger partial charge in [0.15, 0.2) is 0 Å². The maximum atomic E-state index is 12.6. The fourth-order valence-corrected chi connectivity index (χ4v) is 3.64. The highest BCUT2D eigenvalue weighted by Crippen LogP contribution is 2.38. The van der Waals surface area contributed by atoms with Gasteiger partial charge in [-0.3, -0.25) is 4.79 Å². The number of methoxy groups -OCH3 is 2. The van der Waals surface area contributed by atoms with Crippen molar-refractivity contribution in [2.24, 2.45) is 5.92 Å². The molecule has 1 aliphatic rings. The normalized spacial score (nSPS) is 18.0. The zero-order valence-electron chi connectivity index (χ0n) is 16.5. The van der Waals surface area contributed by atoms with E-state index in [1.165, 1.54) is 0 Å². The molecule has 29 heavy (non-hydrogen) atoms. The summed E-state index contributed by atoms with van der Waals surface area (Å²) in [5, 5.41) is 11.5. The fourth-order valence-electron chi connectivity index (χ4n) is 3.64. The molecule has 3 aromatic rings. The maximum absolute atomic E-state index is 12.6. The number of carbonyl (C=O) groups excluding carboxylic acids is 1. The molecular weight excluding hydrogens is 368 g/mol. The summed E-state index contributed by atoms with van der Waals surface area (Å²) in [6, 6.07) is 15.7. The molecule has 1 heterocycles. The summed E-state index contributed by atoms with van der Waals surface area (Å²) >= 11 is 0. The monoisotopic (exact) mass is 392 g/mol. The molecule has 0 aliphatic heterocycles. The Bertz CT molecular complexity index is 958. The van der Waals surface area contributed by atoms with Crippen molar-refractivity contribution < 1.29 is 14.3 Å². The predicted molar refractivity (Wildman–Crippen MR) is 109 cm³/mol. The number of amides is 1. The van der Waals surface area contributed by atoms with E-state index in [-0.39, 0.29) is 17.9 Å². The summed E-state index contributed by atoms with van der Waals surface area (Å²) in [7, 11) is 3.22. The largest absolute Gasteiger partial charge is 0.496 e. The van der Waals surface area contributed by atoms with Crippen molar-refractivity contribution >= 4 is 5.91 Å². The molecule has 1 fully saturated rings. The Morgan fingerprint density at radius 1 is 1.07 bits per heavy atom. The Morgan fingerprint density at radius 3 is 2.41 bits per heavy atom. The quantitative estimate of drug-likeness (QED) is 0.668. The van der Waals surface area contributed by atoms with Gasteiger partial charge in [0.05, 0.1) is 38.6 Å². The molecule has 0 bridgehead atoms. The molecule has 1 amide bonds. The lowest BCUT2D eigenvalue weighted by Gasteiger charge is -2.33. The molecular formula is C22H24N4O3. The Labute approximate surface area is 169 Å². The van der Waals surface area contributed by atoms with Crippen LogP contribution in [0, 0.1) is 5.92 Å². The van der Waals surface area contributed by atoms with Crippen molar-refractivity contribution in [1.29, 1.82) is 0 Å². The topological polar surface area (TPSA) is 78.3 Å². The summed E-state index contributed by atoms with van der Waals surface area (Å²) in [5.41, 5.74) is 2.73. The highest BCUT2D eigenvalue weighted by Gasteiger charge is 2.36. The van der Waals surface area contributed by atoms with Crippen molar-refractivity contribution in [2.75, 3.05) is 14.2 Å². The average molecular weight is 392 g/mol. The van der Waals surface area contributed by atoms with Crippen LogP contribution >= 0.6 is 0 Å². The third-order valence-electron chi connectivity index (χ3n) is 5.41. The van der Waals surface area contributed by atoms with Crippen molar-refractivity contribution in [3.8, 4) is 22.8 Å². The van der Waals surface area contributed by atoms with E-state index in [1.807, 2.05) is 59.4 Å². The van der Waals surface area contributed by atoms with Gasteiger partial charge in [-0.1, -0.05) is 41.6 Å².